The Bertz CT molecular complexity index is 235. The van der Waals surface area contributed by atoms with Crippen LogP contribution in [0.4, 0.5) is 4.39 Å². The van der Waals surface area contributed by atoms with Crippen molar-refractivity contribution in [1.29, 1.82) is 5.41 Å². The molecule has 1 rings (SSSR count). The third kappa shape index (κ3) is 1.67. The molecule has 0 aromatic heterocycles. The first-order valence-electron chi connectivity index (χ1n) is 3.05. The molecule has 0 bridgehead atoms. The Morgan fingerprint density at radius 2 is 2.27 bits per heavy atom. The molecule has 1 aliphatic carbocycles. The average Bonchev–Trinajstić information content (AvgIpc) is 1.85. The molecular weight excluding hydrogens is 169 g/mol. The zero-order chi connectivity index (χ0) is 8.48. The van der Waals surface area contributed by atoms with Crippen molar-refractivity contribution in [2.24, 2.45) is 5.92 Å². The van der Waals surface area contributed by atoms with Crippen LogP contribution >= 0.6 is 11.6 Å². The fourth-order valence-electron chi connectivity index (χ4n) is 0.867. The Labute approximate surface area is 68.5 Å². The highest BCUT2D eigenvalue weighted by molar-refractivity contribution is 6.65. The topological polar surface area (TPSA) is 44.1 Å². The van der Waals surface area contributed by atoms with E-state index in [1.807, 2.05) is 0 Å². The quantitative estimate of drug-likeness (QED) is 0.585. The second-order valence-electron chi connectivity index (χ2n) is 2.30. The smallest absolute Gasteiger partial charge is 0.239 e. The van der Waals surface area contributed by atoms with E-state index >= 15 is 0 Å². The van der Waals surface area contributed by atoms with Crippen molar-refractivity contribution in [3.8, 4) is 0 Å². The van der Waals surface area contributed by atoms with Gasteiger partial charge in [-0.2, -0.15) is 0 Å². The maximum atomic E-state index is 13.0. The van der Waals surface area contributed by atoms with E-state index in [-0.39, 0.29) is 0 Å². The molecule has 0 heterocycles. The van der Waals surface area contributed by atoms with Gasteiger partial charge in [0, 0.05) is 0 Å². The number of alkyl halides is 1. The van der Waals surface area contributed by atoms with Gasteiger partial charge in [0.1, 0.15) is 5.17 Å². The highest BCUT2D eigenvalue weighted by Gasteiger charge is 2.36. The average molecular weight is 176 g/mol. The fraction of sp³-hybridized carbons (Fsp3) is 0.286. The summed E-state index contributed by atoms with van der Waals surface area (Å²) in [4.78, 5) is 0. The molecule has 0 aromatic rings. The minimum atomic E-state index is -2.51. The summed E-state index contributed by atoms with van der Waals surface area (Å²) >= 11 is 5.24. The van der Waals surface area contributed by atoms with Crippen LogP contribution in [0.25, 0.3) is 0 Å². The second kappa shape index (κ2) is 2.75. The van der Waals surface area contributed by atoms with Gasteiger partial charge in [0.15, 0.2) is 0 Å². The number of hydrogen-bond acceptors (Lipinski definition) is 2. The van der Waals surface area contributed by atoms with E-state index < -0.39 is 16.9 Å². The Balaban J connectivity index is 2.89. The molecule has 0 spiro atoms. The monoisotopic (exact) mass is 175 g/mol. The number of halogens is 2. The summed E-state index contributed by atoms with van der Waals surface area (Å²) in [6.07, 6.45) is 5.22. The lowest BCUT2D eigenvalue weighted by Crippen LogP contribution is -2.34. The van der Waals surface area contributed by atoms with Crippen molar-refractivity contribution < 1.29 is 9.50 Å². The van der Waals surface area contributed by atoms with E-state index in [9.17, 15) is 4.39 Å². The molecule has 1 aliphatic rings. The van der Waals surface area contributed by atoms with Gasteiger partial charge < -0.3 is 5.11 Å². The summed E-state index contributed by atoms with van der Waals surface area (Å²) in [5.74, 6) is -3.57. The summed E-state index contributed by atoms with van der Waals surface area (Å²) in [6.45, 7) is 0. The Kier molecular flexibility index (Phi) is 2.11. The highest BCUT2D eigenvalue weighted by atomic mass is 35.5. The van der Waals surface area contributed by atoms with Crippen LogP contribution in [0.2, 0.25) is 0 Å². The van der Waals surface area contributed by atoms with E-state index in [4.69, 9.17) is 22.1 Å². The third-order valence-corrected chi connectivity index (χ3v) is 1.69. The lowest BCUT2D eigenvalue weighted by atomic mass is 9.96. The predicted molar refractivity (Wildman–Crippen MR) is 41.4 cm³/mol. The molecule has 0 saturated carbocycles. The van der Waals surface area contributed by atoms with Gasteiger partial charge in [-0.25, -0.2) is 4.39 Å². The van der Waals surface area contributed by atoms with Gasteiger partial charge in [-0.05, 0) is 6.08 Å². The minimum absolute atomic E-state index is 0.407. The normalized spacial score (nSPS) is 35.7. The molecule has 4 heteroatoms. The van der Waals surface area contributed by atoms with Gasteiger partial charge in [-0.1, -0.05) is 29.8 Å². The van der Waals surface area contributed by atoms with E-state index in [0.717, 1.165) is 6.08 Å². The Morgan fingerprint density at radius 3 is 2.64 bits per heavy atom. The van der Waals surface area contributed by atoms with Crippen molar-refractivity contribution >= 4 is 16.8 Å². The zero-order valence-electron chi connectivity index (χ0n) is 5.59. The van der Waals surface area contributed by atoms with Crippen molar-refractivity contribution in [2.75, 3.05) is 0 Å². The first kappa shape index (κ1) is 8.43. The molecule has 2 atom stereocenters. The largest absolute Gasteiger partial charge is 0.358 e. The van der Waals surface area contributed by atoms with Crippen LogP contribution < -0.4 is 0 Å². The van der Waals surface area contributed by atoms with Crippen LogP contribution in [-0.2, 0) is 0 Å². The first-order valence-corrected chi connectivity index (χ1v) is 3.43. The van der Waals surface area contributed by atoms with E-state index in [1.54, 1.807) is 0 Å². The summed E-state index contributed by atoms with van der Waals surface area (Å²) in [6, 6.07) is 0. The molecule has 0 amide bonds. The number of allylic oxidation sites excluding steroid dienone is 2. The maximum Gasteiger partial charge on any atom is 0.239 e. The van der Waals surface area contributed by atoms with Gasteiger partial charge >= 0.3 is 0 Å². The number of rotatable bonds is 1. The van der Waals surface area contributed by atoms with Crippen LogP contribution in [0.5, 0.6) is 0 Å². The van der Waals surface area contributed by atoms with Gasteiger partial charge in [0.05, 0.1) is 5.92 Å². The van der Waals surface area contributed by atoms with Crippen molar-refractivity contribution in [3.05, 3.63) is 24.3 Å². The number of nitrogens with one attached hydrogen (secondary N) is 1. The zero-order valence-corrected chi connectivity index (χ0v) is 6.35. The van der Waals surface area contributed by atoms with Crippen LogP contribution in [0.3, 0.4) is 0 Å². The third-order valence-electron chi connectivity index (χ3n) is 1.45. The lowest BCUT2D eigenvalue weighted by molar-refractivity contribution is -0.0575. The lowest BCUT2D eigenvalue weighted by Gasteiger charge is -2.23. The van der Waals surface area contributed by atoms with E-state index in [0.29, 0.717) is 0 Å². The Morgan fingerprint density at radius 1 is 1.64 bits per heavy atom. The summed E-state index contributed by atoms with van der Waals surface area (Å²) in [5.41, 5.74) is 0. The summed E-state index contributed by atoms with van der Waals surface area (Å²) in [7, 11) is 0. The van der Waals surface area contributed by atoms with Crippen molar-refractivity contribution in [1.82, 2.24) is 0 Å². The standard InChI is InChI=1S/C7H7ClFNO/c8-6(10)5-3-1-2-4-7(5,9)11/h1-5,10-11H. The molecule has 0 radical (unpaired) electrons. The van der Waals surface area contributed by atoms with E-state index in [1.165, 1.54) is 18.2 Å². The van der Waals surface area contributed by atoms with Gasteiger partial charge in [-0.15, -0.1) is 0 Å². The van der Waals surface area contributed by atoms with Crippen LogP contribution in [0.15, 0.2) is 24.3 Å². The molecular formula is C7H7ClFNO. The number of hydrogen-bond donors (Lipinski definition) is 2. The van der Waals surface area contributed by atoms with E-state index in [2.05, 4.69) is 0 Å². The Hall–Kier alpha value is -0.670. The SMILES string of the molecule is N=C(Cl)C1C=CC=CC1(O)F. The van der Waals surface area contributed by atoms with Crippen LogP contribution in [-0.4, -0.2) is 16.1 Å². The molecule has 2 unspecified atom stereocenters. The molecule has 0 fully saturated rings. The van der Waals surface area contributed by atoms with Crippen molar-refractivity contribution in [2.45, 2.75) is 5.85 Å². The molecule has 60 valence electrons. The van der Waals surface area contributed by atoms with Gasteiger partial charge in [0.2, 0.25) is 5.85 Å². The summed E-state index contributed by atoms with van der Waals surface area (Å²) < 4.78 is 13.0. The maximum absolute atomic E-state index is 13.0. The van der Waals surface area contributed by atoms with Gasteiger partial charge in [-0.3, -0.25) is 5.41 Å². The minimum Gasteiger partial charge on any atom is -0.358 e. The van der Waals surface area contributed by atoms with Crippen LogP contribution in [0.1, 0.15) is 0 Å². The first-order chi connectivity index (χ1) is 5.04. The molecule has 0 aliphatic heterocycles. The number of aliphatic hydroxyl groups is 1. The fourth-order valence-corrected chi connectivity index (χ4v) is 1.09. The van der Waals surface area contributed by atoms with Crippen molar-refractivity contribution in [3.63, 3.8) is 0 Å². The van der Waals surface area contributed by atoms with Gasteiger partial charge in [0.25, 0.3) is 0 Å². The highest BCUT2D eigenvalue weighted by Crippen LogP contribution is 2.27. The summed E-state index contributed by atoms with van der Waals surface area (Å²) in [5, 5.41) is 15.5. The molecule has 11 heavy (non-hydrogen) atoms. The molecule has 0 saturated heterocycles. The molecule has 0 aromatic carbocycles. The predicted octanol–water partition coefficient (Wildman–Crippen LogP) is 1.60. The second-order valence-corrected chi connectivity index (χ2v) is 2.70. The molecule has 2 N–H and O–H groups in total. The van der Waals surface area contributed by atoms with Crippen LogP contribution in [0, 0.1) is 11.3 Å². The molecule has 2 nitrogen and oxygen atoms in total.